The molecule has 0 bridgehead atoms. The molecule has 0 saturated carbocycles. The number of carbonyl (C=O) groups is 2. The van der Waals surface area contributed by atoms with Crippen LogP contribution in [0.5, 0.6) is 5.75 Å². The number of amides is 2. The van der Waals surface area contributed by atoms with Gasteiger partial charge in [0.05, 0.1) is 18.0 Å². The fourth-order valence-electron chi connectivity index (χ4n) is 3.47. The molecule has 1 atom stereocenters. The van der Waals surface area contributed by atoms with Gasteiger partial charge in [0.1, 0.15) is 16.9 Å². The lowest BCUT2D eigenvalue weighted by atomic mass is 10.1. The molecule has 3 aromatic carbocycles. The van der Waals surface area contributed by atoms with Crippen molar-refractivity contribution in [2.24, 2.45) is 0 Å². The average Bonchev–Trinajstić information content (AvgIpc) is 3.16. The number of para-hydroxylation sites is 2. The van der Waals surface area contributed by atoms with Gasteiger partial charge >= 0.3 is 0 Å². The van der Waals surface area contributed by atoms with Crippen LogP contribution in [0.3, 0.4) is 0 Å². The minimum Gasteiger partial charge on any atom is -0.492 e. The summed E-state index contributed by atoms with van der Waals surface area (Å²) in [4.78, 5) is 27.0. The molecule has 2 amide bonds. The normalized spacial score (nSPS) is 15.7. The summed E-state index contributed by atoms with van der Waals surface area (Å²) >= 11 is 1.52. The molecule has 1 saturated heterocycles. The van der Waals surface area contributed by atoms with Crippen LogP contribution >= 0.6 is 11.8 Å². The highest BCUT2D eigenvalue weighted by Crippen LogP contribution is 2.45. The maximum atomic E-state index is 13.4. The number of nitrogens with zero attached hydrogens (tertiary/aromatic N) is 1. The number of hydrogen-bond acceptors (Lipinski definition) is 4. The fraction of sp³-hybridized carbons (Fsp3) is 0.167. The summed E-state index contributed by atoms with van der Waals surface area (Å²) in [5, 5.41) is 2.55. The van der Waals surface area contributed by atoms with E-state index in [2.05, 4.69) is 5.32 Å². The Morgan fingerprint density at radius 3 is 2.74 bits per heavy atom. The Labute approximate surface area is 184 Å². The first-order valence-electron chi connectivity index (χ1n) is 9.89. The zero-order chi connectivity index (χ0) is 21.8. The Bertz CT molecular complexity index is 1120. The summed E-state index contributed by atoms with van der Waals surface area (Å²) < 4.78 is 19.2. The molecule has 1 aliphatic rings. The predicted octanol–water partition coefficient (Wildman–Crippen LogP) is 5.26. The topological polar surface area (TPSA) is 58.6 Å². The van der Waals surface area contributed by atoms with Gasteiger partial charge in [-0.25, -0.2) is 4.39 Å². The first-order chi connectivity index (χ1) is 15.1. The molecule has 0 radical (unpaired) electrons. The van der Waals surface area contributed by atoms with E-state index >= 15 is 0 Å². The van der Waals surface area contributed by atoms with Gasteiger partial charge < -0.3 is 10.1 Å². The second-order valence-electron chi connectivity index (χ2n) is 6.92. The Hall–Kier alpha value is -3.32. The van der Waals surface area contributed by atoms with E-state index in [1.807, 2.05) is 49.4 Å². The molecule has 1 aliphatic heterocycles. The molecule has 31 heavy (non-hydrogen) atoms. The molecule has 5 nitrogen and oxygen atoms in total. The van der Waals surface area contributed by atoms with Crippen LogP contribution in [-0.2, 0) is 4.79 Å². The summed E-state index contributed by atoms with van der Waals surface area (Å²) in [5.41, 5.74) is 2.41. The van der Waals surface area contributed by atoms with E-state index in [0.717, 1.165) is 11.3 Å². The van der Waals surface area contributed by atoms with Crippen molar-refractivity contribution in [3.05, 3.63) is 89.7 Å². The number of halogens is 1. The minimum absolute atomic E-state index is 0.00338. The number of anilines is 2. The highest BCUT2D eigenvalue weighted by Gasteiger charge is 2.35. The van der Waals surface area contributed by atoms with Crippen molar-refractivity contribution in [3.63, 3.8) is 0 Å². The zero-order valence-electron chi connectivity index (χ0n) is 16.9. The van der Waals surface area contributed by atoms with Gasteiger partial charge in [0.2, 0.25) is 5.91 Å². The molecule has 1 fully saturated rings. The van der Waals surface area contributed by atoms with Crippen LogP contribution in [-0.4, -0.2) is 24.2 Å². The lowest BCUT2D eigenvalue weighted by Crippen LogP contribution is -2.28. The Morgan fingerprint density at radius 2 is 1.94 bits per heavy atom. The zero-order valence-corrected chi connectivity index (χ0v) is 17.7. The summed E-state index contributed by atoms with van der Waals surface area (Å²) in [7, 11) is 0. The molecule has 0 aromatic heterocycles. The lowest BCUT2D eigenvalue weighted by molar-refractivity contribution is -0.115. The minimum atomic E-state index is -0.467. The van der Waals surface area contributed by atoms with Crippen molar-refractivity contribution >= 4 is 35.0 Å². The van der Waals surface area contributed by atoms with Crippen LogP contribution in [0.4, 0.5) is 15.8 Å². The number of nitrogens with one attached hydrogen (secondary N) is 1. The molecular weight excluding hydrogens is 415 g/mol. The van der Waals surface area contributed by atoms with E-state index in [0.29, 0.717) is 23.8 Å². The molecule has 3 aromatic rings. The predicted molar refractivity (Wildman–Crippen MR) is 121 cm³/mol. The second-order valence-corrected chi connectivity index (χ2v) is 7.99. The van der Waals surface area contributed by atoms with Gasteiger partial charge in [-0.2, -0.15) is 0 Å². The number of rotatable bonds is 6. The van der Waals surface area contributed by atoms with Crippen molar-refractivity contribution in [1.82, 2.24) is 0 Å². The second kappa shape index (κ2) is 9.22. The Balaban J connectivity index is 1.61. The van der Waals surface area contributed by atoms with Gasteiger partial charge in [0, 0.05) is 11.3 Å². The van der Waals surface area contributed by atoms with Crippen LogP contribution in [0, 0.1) is 5.82 Å². The van der Waals surface area contributed by atoms with E-state index in [1.54, 1.807) is 17.0 Å². The first-order valence-corrected chi connectivity index (χ1v) is 10.9. The molecule has 0 spiro atoms. The Morgan fingerprint density at radius 1 is 1.13 bits per heavy atom. The van der Waals surface area contributed by atoms with Crippen molar-refractivity contribution in [3.8, 4) is 5.75 Å². The van der Waals surface area contributed by atoms with Crippen LogP contribution in [0.25, 0.3) is 0 Å². The van der Waals surface area contributed by atoms with Crippen molar-refractivity contribution in [2.75, 3.05) is 22.6 Å². The molecule has 1 unspecified atom stereocenters. The third kappa shape index (κ3) is 4.56. The van der Waals surface area contributed by atoms with E-state index in [-0.39, 0.29) is 16.8 Å². The first kappa shape index (κ1) is 20.9. The van der Waals surface area contributed by atoms with Gasteiger partial charge in [0.25, 0.3) is 5.91 Å². The third-order valence-electron chi connectivity index (χ3n) is 4.81. The monoisotopic (exact) mass is 436 g/mol. The molecule has 7 heteroatoms. The number of ether oxygens (including phenoxy) is 1. The standard InChI is InChI=1S/C24H21FN2O3S/c1-2-30-21-12-4-3-11-20(21)27-22(28)15-31-24(27)17-8-6-10-19(14-17)26-23(29)16-7-5-9-18(25)13-16/h3-14,24H,2,15H2,1H3,(H,26,29). The third-order valence-corrected chi connectivity index (χ3v) is 6.02. The van der Waals surface area contributed by atoms with Gasteiger partial charge in [-0.05, 0) is 55.0 Å². The van der Waals surface area contributed by atoms with Crippen LogP contribution in [0.15, 0.2) is 72.8 Å². The van der Waals surface area contributed by atoms with Gasteiger partial charge in [-0.3, -0.25) is 14.5 Å². The van der Waals surface area contributed by atoms with Crippen LogP contribution < -0.4 is 15.0 Å². The van der Waals surface area contributed by atoms with Gasteiger partial charge in [-0.15, -0.1) is 11.8 Å². The van der Waals surface area contributed by atoms with E-state index in [9.17, 15) is 14.0 Å². The van der Waals surface area contributed by atoms with Crippen molar-refractivity contribution < 1.29 is 18.7 Å². The number of thioether (sulfide) groups is 1. The average molecular weight is 437 g/mol. The van der Waals surface area contributed by atoms with E-state index < -0.39 is 11.7 Å². The highest BCUT2D eigenvalue weighted by molar-refractivity contribution is 8.00. The smallest absolute Gasteiger partial charge is 0.255 e. The van der Waals surface area contributed by atoms with Gasteiger partial charge in [0.15, 0.2) is 0 Å². The maximum absolute atomic E-state index is 13.4. The molecule has 1 N–H and O–H groups in total. The number of carbonyl (C=O) groups excluding carboxylic acids is 2. The Kier molecular flexibility index (Phi) is 6.23. The van der Waals surface area contributed by atoms with Crippen LogP contribution in [0.1, 0.15) is 28.2 Å². The number of hydrogen-bond donors (Lipinski definition) is 1. The lowest BCUT2D eigenvalue weighted by Gasteiger charge is -2.26. The fourth-order valence-corrected chi connectivity index (χ4v) is 4.63. The number of benzene rings is 3. The molecule has 0 aliphatic carbocycles. The van der Waals surface area contributed by atoms with E-state index in [1.165, 1.54) is 30.0 Å². The summed E-state index contributed by atoms with van der Waals surface area (Å²) in [6.07, 6.45) is 0. The van der Waals surface area contributed by atoms with Crippen LogP contribution in [0.2, 0.25) is 0 Å². The summed E-state index contributed by atoms with van der Waals surface area (Å²) in [6, 6.07) is 20.4. The van der Waals surface area contributed by atoms with Gasteiger partial charge in [-0.1, -0.05) is 30.3 Å². The molecule has 4 rings (SSSR count). The largest absolute Gasteiger partial charge is 0.492 e. The molecular formula is C24H21FN2O3S. The summed E-state index contributed by atoms with van der Waals surface area (Å²) in [6.45, 7) is 2.40. The van der Waals surface area contributed by atoms with Crippen molar-refractivity contribution in [1.29, 1.82) is 0 Å². The summed E-state index contributed by atoms with van der Waals surface area (Å²) in [5.74, 6) is 0.138. The highest BCUT2D eigenvalue weighted by atomic mass is 32.2. The van der Waals surface area contributed by atoms with E-state index in [4.69, 9.17) is 4.74 Å². The molecule has 1 heterocycles. The quantitative estimate of drug-likeness (QED) is 0.573. The molecule has 158 valence electrons. The van der Waals surface area contributed by atoms with Crippen molar-refractivity contribution in [2.45, 2.75) is 12.3 Å². The maximum Gasteiger partial charge on any atom is 0.255 e. The SMILES string of the molecule is CCOc1ccccc1N1C(=O)CSC1c1cccc(NC(=O)c2cccc(F)c2)c1.